The number of benzene rings is 1. The molecule has 2 amide bonds. The molecular weight excluding hydrogens is 272 g/mol. The smallest absolute Gasteiger partial charge is 0.305 e. The number of aryl methyl sites for hydroxylation is 2. The number of hydrogen-bond acceptors (Lipinski definition) is 4. The van der Waals surface area contributed by atoms with Gasteiger partial charge in [0.25, 0.3) is 5.91 Å². The van der Waals surface area contributed by atoms with E-state index in [1.807, 2.05) is 19.9 Å². The van der Waals surface area contributed by atoms with E-state index in [9.17, 15) is 14.4 Å². The second-order valence-electron chi connectivity index (χ2n) is 4.92. The highest BCUT2D eigenvalue weighted by Gasteiger charge is 2.20. The third-order valence-corrected chi connectivity index (χ3v) is 3.00. The molecule has 6 nitrogen and oxygen atoms in total. The summed E-state index contributed by atoms with van der Waals surface area (Å²) in [5, 5.41) is 2.55. The van der Waals surface area contributed by atoms with E-state index in [1.54, 1.807) is 12.1 Å². The predicted molar refractivity (Wildman–Crippen MR) is 77.6 cm³/mol. The molecule has 0 aliphatic heterocycles. The van der Waals surface area contributed by atoms with Gasteiger partial charge in [-0.25, -0.2) is 0 Å². The van der Waals surface area contributed by atoms with E-state index in [0.717, 1.165) is 11.1 Å². The first-order valence-electron chi connectivity index (χ1n) is 6.58. The first-order valence-corrected chi connectivity index (χ1v) is 6.58. The fourth-order valence-electron chi connectivity index (χ4n) is 2.00. The molecule has 6 heteroatoms. The predicted octanol–water partition coefficient (Wildman–Crippen LogP) is 0.840. The van der Waals surface area contributed by atoms with Crippen molar-refractivity contribution in [3.8, 4) is 0 Å². The lowest BCUT2D eigenvalue weighted by atomic mass is 10.1. The molecule has 3 N–H and O–H groups in total. The Morgan fingerprint density at radius 3 is 2.24 bits per heavy atom. The topological polar surface area (TPSA) is 98.5 Å². The highest BCUT2D eigenvalue weighted by Crippen LogP contribution is 2.09. The summed E-state index contributed by atoms with van der Waals surface area (Å²) in [6.07, 6.45) is 0.121. The minimum Gasteiger partial charge on any atom is -0.469 e. The average molecular weight is 292 g/mol. The molecule has 0 saturated heterocycles. The lowest BCUT2D eigenvalue weighted by Gasteiger charge is -2.15. The van der Waals surface area contributed by atoms with E-state index >= 15 is 0 Å². The molecule has 0 unspecified atom stereocenters. The van der Waals surface area contributed by atoms with Crippen molar-refractivity contribution in [3.63, 3.8) is 0 Å². The minimum atomic E-state index is -0.905. The number of ether oxygens (including phenoxy) is 1. The molecule has 0 aliphatic carbocycles. The second-order valence-corrected chi connectivity index (χ2v) is 4.92. The number of primary amides is 1. The number of nitrogens with two attached hydrogens (primary N) is 1. The van der Waals surface area contributed by atoms with Gasteiger partial charge in [-0.1, -0.05) is 17.2 Å². The Bertz CT molecular complexity index is 534. The molecule has 114 valence electrons. The van der Waals surface area contributed by atoms with E-state index < -0.39 is 23.8 Å². The minimum absolute atomic E-state index is 0.0111. The SMILES string of the molecule is COC(=O)CC[C@@H](NC(=O)c1cc(C)cc(C)c1)C(N)=O. The molecule has 0 aromatic heterocycles. The molecule has 1 aromatic carbocycles. The van der Waals surface area contributed by atoms with E-state index in [0.29, 0.717) is 5.56 Å². The lowest BCUT2D eigenvalue weighted by molar-refractivity contribution is -0.140. The van der Waals surface area contributed by atoms with Crippen molar-refractivity contribution in [1.29, 1.82) is 0 Å². The van der Waals surface area contributed by atoms with Crippen LogP contribution in [-0.2, 0) is 14.3 Å². The fourth-order valence-corrected chi connectivity index (χ4v) is 2.00. The molecule has 0 radical (unpaired) electrons. The van der Waals surface area contributed by atoms with Gasteiger partial charge in [-0.2, -0.15) is 0 Å². The molecule has 0 aliphatic rings. The van der Waals surface area contributed by atoms with Crippen molar-refractivity contribution in [3.05, 3.63) is 34.9 Å². The van der Waals surface area contributed by atoms with Gasteiger partial charge < -0.3 is 15.8 Å². The van der Waals surface area contributed by atoms with Gasteiger partial charge in [0.15, 0.2) is 0 Å². The summed E-state index contributed by atoms with van der Waals surface area (Å²) < 4.78 is 4.50. The number of carbonyl (C=O) groups excluding carboxylic acids is 3. The monoisotopic (exact) mass is 292 g/mol. The van der Waals surface area contributed by atoms with Gasteiger partial charge >= 0.3 is 5.97 Å². The number of esters is 1. The number of amides is 2. The van der Waals surface area contributed by atoms with Crippen LogP contribution in [0, 0.1) is 13.8 Å². The van der Waals surface area contributed by atoms with Gasteiger partial charge in [0.1, 0.15) is 6.04 Å². The van der Waals surface area contributed by atoms with Crippen molar-refractivity contribution in [2.45, 2.75) is 32.7 Å². The maximum atomic E-state index is 12.1. The number of nitrogens with one attached hydrogen (secondary N) is 1. The number of hydrogen-bond donors (Lipinski definition) is 2. The Hall–Kier alpha value is -2.37. The van der Waals surface area contributed by atoms with E-state index in [1.165, 1.54) is 7.11 Å². The molecule has 0 spiro atoms. The summed E-state index contributed by atoms with van der Waals surface area (Å²) in [5.41, 5.74) is 7.60. The zero-order valence-corrected chi connectivity index (χ0v) is 12.4. The quantitative estimate of drug-likeness (QED) is 0.759. The zero-order valence-electron chi connectivity index (χ0n) is 12.4. The van der Waals surface area contributed by atoms with Crippen molar-refractivity contribution in [2.75, 3.05) is 7.11 Å². The van der Waals surface area contributed by atoms with Crippen LogP contribution in [0.15, 0.2) is 18.2 Å². The van der Waals surface area contributed by atoms with Crippen LogP contribution >= 0.6 is 0 Å². The first-order chi connectivity index (χ1) is 9.83. The first kappa shape index (κ1) is 16.7. The van der Waals surface area contributed by atoms with E-state index in [-0.39, 0.29) is 12.8 Å². The van der Waals surface area contributed by atoms with Crippen molar-refractivity contribution in [1.82, 2.24) is 5.32 Å². The van der Waals surface area contributed by atoms with Crippen molar-refractivity contribution >= 4 is 17.8 Å². The summed E-state index contributed by atoms with van der Waals surface area (Å²) in [7, 11) is 1.26. The number of rotatable bonds is 6. The van der Waals surface area contributed by atoms with Crippen LogP contribution in [-0.4, -0.2) is 30.9 Å². The van der Waals surface area contributed by atoms with Gasteiger partial charge in [-0.3, -0.25) is 14.4 Å². The molecule has 0 fully saturated rings. The summed E-state index contributed by atoms with van der Waals surface area (Å²) in [4.78, 5) is 34.6. The summed E-state index contributed by atoms with van der Waals surface area (Å²) >= 11 is 0. The van der Waals surface area contributed by atoms with Gasteiger partial charge in [0.2, 0.25) is 5.91 Å². The normalized spacial score (nSPS) is 11.6. The van der Waals surface area contributed by atoms with Crippen LogP contribution < -0.4 is 11.1 Å². The summed E-state index contributed by atoms with van der Waals surface area (Å²) in [5.74, 6) is -1.53. The molecule has 0 bridgehead atoms. The maximum Gasteiger partial charge on any atom is 0.305 e. The van der Waals surface area contributed by atoms with Gasteiger partial charge in [-0.05, 0) is 32.4 Å². The van der Waals surface area contributed by atoms with Crippen molar-refractivity contribution < 1.29 is 19.1 Å². The molecule has 0 heterocycles. The molecule has 1 atom stereocenters. The van der Waals surface area contributed by atoms with Crippen molar-refractivity contribution in [2.24, 2.45) is 5.73 Å². The summed E-state index contributed by atoms with van der Waals surface area (Å²) in [6, 6.07) is 4.48. The Labute approximate surface area is 123 Å². The Balaban J connectivity index is 2.76. The molecule has 1 rings (SSSR count). The zero-order chi connectivity index (χ0) is 16.0. The summed E-state index contributed by atoms with van der Waals surface area (Å²) in [6.45, 7) is 3.76. The Morgan fingerprint density at radius 2 is 1.76 bits per heavy atom. The molecule has 1 aromatic rings. The van der Waals surface area contributed by atoms with Gasteiger partial charge in [-0.15, -0.1) is 0 Å². The second kappa shape index (κ2) is 7.42. The van der Waals surface area contributed by atoms with Gasteiger partial charge in [0.05, 0.1) is 7.11 Å². The maximum absolute atomic E-state index is 12.1. The van der Waals surface area contributed by atoms with Crippen LogP contribution in [0.5, 0.6) is 0 Å². The average Bonchev–Trinajstić information content (AvgIpc) is 2.41. The van der Waals surface area contributed by atoms with Crippen LogP contribution in [0.25, 0.3) is 0 Å². The number of carbonyl (C=O) groups is 3. The third kappa shape index (κ3) is 5.25. The van der Waals surface area contributed by atoms with Crippen LogP contribution in [0.3, 0.4) is 0 Å². The number of methoxy groups -OCH3 is 1. The largest absolute Gasteiger partial charge is 0.469 e. The Morgan fingerprint density at radius 1 is 1.19 bits per heavy atom. The molecular formula is C15H20N2O4. The van der Waals surface area contributed by atoms with E-state index in [2.05, 4.69) is 10.1 Å². The fraction of sp³-hybridized carbons (Fsp3) is 0.400. The standard InChI is InChI=1S/C15H20N2O4/c1-9-6-10(2)8-11(7-9)15(20)17-12(14(16)19)4-5-13(18)21-3/h6-8,12H,4-5H2,1-3H3,(H2,16,19)(H,17,20)/t12-/m1/s1. The van der Waals surface area contributed by atoms with Crippen LogP contribution in [0.1, 0.15) is 34.3 Å². The van der Waals surface area contributed by atoms with E-state index in [4.69, 9.17) is 5.73 Å². The Kier molecular flexibility index (Phi) is 5.90. The highest BCUT2D eigenvalue weighted by molar-refractivity contribution is 5.97. The molecule has 21 heavy (non-hydrogen) atoms. The van der Waals surface area contributed by atoms with Crippen LogP contribution in [0.2, 0.25) is 0 Å². The van der Waals surface area contributed by atoms with Crippen LogP contribution in [0.4, 0.5) is 0 Å². The lowest BCUT2D eigenvalue weighted by Crippen LogP contribution is -2.44. The van der Waals surface area contributed by atoms with Gasteiger partial charge in [0, 0.05) is 12.0 Å². The highest BCUT2D eigenvalue weighted by atomic mass is 16.5. The molecule has 0 saturated carbocycles. The third-order valence-electron chi connectivity index (χ3n) is 3.00.